The first-order valence-corrected chi connectivity index (χ1v) is 5.57. The quantitative estimate of drug-likeness (QED) is 0.912. The maximum absolute atomic E-state index is 13.6. The number of carbonyl (C=O) groups excluding carboxylic acids is 1. The van der Waals surface area contributed by atoms with Gasteiger partial charge in [0.1, 0.15) is 5.82 Å². The summed E-state index contributed by atoms with van der Waals surface area (Å²) in [6.07, 6.45) is 3.25. The maximum atomic E-state index is 13.6. The van der Waals surface area contributed by atoms with E-state index in [1.54, 1.807) is 18.5 Å². The fourth-order valence-corrected chi connectivity index (χ4v) is 1.55. The van der Waals surface area contributed by atoms with Crippen LogP contribution in [0.5, 0.6) is 0 Å². The molecule has 1 aromatic heterocycles. The van der Waals surface area contributed by atoms with Crippen LogP contribution >= 0.6 is 0 Å². The van der Waals surface area contributed by atoms with Crippen LogP contribution in [0.25, 0.3) is 0 Å². The van der Waals surface area contributed by atoms with Crippen molar-refractivity contribution in [3.05, 3.63) is 65.2 Å². The molecule has 0 unspecified atom stereocenters. The zero-order chi connectivity index (χ0) is 13.7. The van der Waals surface area contributed by atoms with Crippen molar-refractivity contribution in [2.45, 2.75) is 6.54 Å². The second-order valence-electron chi connectivity index (χ2n) is 3.85. The fourth-order valence-electron chi connectivity index (χ4n) is 1.55. The number of carbonyl (C=O) groups is 1. The van der Waals surface area contributed by atoms with E-state index < -0.39 is 11.7 Å². The Balaban J connectivity index is 2.07. The van der Waals surface area contributed by atoms with Gasteiger partial charge < -0.3 is 5.32 Å². The Morgan fingerprint density at radius 2 is 2.26 bits per heavy atom. The summed E-state index contributed by atoms with van der Waals surface area (Å²) in [6.45, 7) is 0.270. The molecule has 0 aliphatic heterocycles. The minimum atomic E-state index is -0.706. The zero-order valence-corrected chi connectivity index (χ0v) is 9.93. The largest absolute Gasteiger partial charge is 0.348 e. The van der Waals surface area contributed by atoms with Gasteiger partial charge in [-0.2, -0.15) is 5.26 Å². The van der Waals surface area contributed by atoms with Gasteiger partial charge in [0.05, 0.1) is 17.2 Å². The Morgan fingerprint density at radius 3 is 2.89 bits per heavy atom. The number of rotatable bonds is 3. The number of halogens is 1. The number of hydrogen-bond donors (Lipinski definition) is 1. The molecule has 0 atom stereocenters. The number of pyridine rings is 1. The minimum Gasteiger partial charge on any atom is -0.348 e. The van der Waals surface area contributed by atoms with Crippen molar-refractivity contribution in [2.75, 3.05) is 0 Å². The van der Waals surface area contributed by atoms with Crippen LogP contribution in [0.1, 0.15) is 21.5 Å². The van der Waals surface area contributed by atoms with E-state index in [4.69, 9.17) is 5.26 Å². The zero-order valence-electron chi connectivity index (χ0n) is 9.93. The Morgan fingerprint density at radius 1 is 1.42 bits per heavy atom. The molecular formula is C14H10FN3O. The molecule has 0 saturated carbocycles. The molecule has 0 saturated heterocycles. The summed E-state index contributed by atoms with van der Waals surface area (Å²) in [5, 5.41) is 11.2. The van der Waals surface area contributed by atoms with Crippen LogP contribution in [0.15, 0.2) is 42.7 Å². The van der Waals surface area contributed by atoms with Gasteiger partial charge in [0.2, 0.25) is 0 Å². The maximum Gasteiger partial charge on any atom is 0.254 e. The van der Waals surface area contributed by atoms with E-state index in [0.29, 0.717) is 0 Å². The smallest absolute Gasteiger partial charge is 0.254 e. The molecule has 0 radical (unpaired) electrons. The molecule has 2 rings (SSSR count). The number of nitrogens with zero attached hydrogens (tertiary/aromatic N) is 2. The number of benzene rings is 1. The topological polar surface area (TPSA) is 65.8 Å². The third kappa shape index (κ3) is 3.13. The van der Waals surface area contributed by atoms with Crippen molar-refractivity contribution >= 4 is 5.91 Å². The molecule has 1 aromatic carbocycles. The van der Waals surface area contributed by atoms with E-state index in [9.17, 15) is 9.18 Å². The van der Waals surface area contributed by atoms with E-state index in [1.807, 2.05) is 12.1 Å². The average molecular weight is 255 g/mol. The number of hydrogen-bond acceptors (Lipinski definition) is 3. The first-order valence-electron chi connectivity index (χ1n) is 5.57. The van der Waals surface area contributed by atoms with E-state index in [-0.39, 0.29) is 17.7 Å². The second kappa shape index (κ2) is 5.74. The van der Waals surface area contributed by atoms with Crippen LogP contribution in [0.3, 0.4) is 0 Å². The van der Waals surface area contributed by atoms with Crippen molar-refractivity contribution in [2.24, 2.45) is 0 Å². The monoisotopic (exact) mass is 255 g/mol. The lowest BCUT2D eigenvalue weighted by atomic mass is 10.1. The molecule has 1 heterocycles. The SMILES string of the molecule is N#Cc1ccc(C(=O)NCc2cccnc2)c(F)c1. The summed E-state index contributed by atoms with van der Waals surface area (Å²) in [6, 6.07) is 9.12. The summed E-state index contributed by atoms with van der Waals surface area (Å²) in [7, 11) is 0. The highest BCUT2D eigenvalue weighted by Gasteiger charge is 2.11. The lowest BCUT2D eigenvalue weighted by Gasteiger charge is -2.06. The molecule has 0 spiro atoms. The highest BCUT2D eigenvalue weighted by molar-refractivity contribution is 5.94. The predicted octanol–water partition coefficient (Wildman–Crippen LogP) is 2.02. The molecule has 4 nitrogen and oxygen atoms in total. The van der Waals surface area contributed by atoms with Gasteiger partial charge in [0.15, 0.2) is 0 Å². The van der Waals surface area contributed by atoms with Crippen molar-refractivity contribution in [3.8, 4) is 6.07 Å². The van der Waals surface area contributed by atoms with Crippen LogP contribution in [-0.4, -0.2) is 10.9 Å². The van der Waals surface area contributed by atoms with Gasteiger partial charge in [0.25, 0.3) is 5.91 Å². The summed E-state index contributed by atoms with van der Waals surface area (Å²) in [4.78, 5) is 15.7. The molecular weight excluding hydrogens is 245 g/mol. The lowest BCUT2D eigenvalue weighted by molar-refractivity contribution is 0.0947. The van der Waals surface area contributed by atoms with Crippen LogP contribution in [0.2, 0.25) is 0 Å². The Labute approximate surface area is 109 Å². The minimum absolute atomic E-state index is 0.0807. The number of aromatic nitrogens is 1. The summed E-state index contributed by atoms with van der Waals surface area (Å²) in [5.74, 6) is -1.23. The molecule has 5 heteroatoms. The fraction of sp³-hybridized carbons (Fsp3) is 0.0714. The van der Waals surface area contributed by atoms with Crippen LogP contribution in [-0.2, 0) is 6.54 Å². The summed E-state index contributed by atoms with van der Waals surface area (Å²) >= 11 is 0. The number of amides is 1. The first-order chi connectivity index (χ1) is 9.20. The van der Waals surface area contributed by atoms with Gasteiger partial charge in [-0.15, -0.1) is 0 Å². The van der Waals surface area contributed by atoms with Gasteiger partial charge >= 0.3 is 0 Å². The van der Waals surface area contributed by atoms with Crippen molar-refractivity contribution < 1.29 is 9.18 Å². The van der Waals surface area contributed by atoms with E-state index >= 15 is 0 Å². The van der Waals surface area contributed by atoms with Gasteiger partial charge in [-0.3, -0.25) is 9.78 Å². The lowest BCUT2D eigenvalue weighted by Crippen LogP contribution is -2.23. The molecule has 19 heavy (non-hydrogen) atoms. The Kier molecular flexibility index (Phi) is 3.84. The van der Waals surface area contributed by atoms with E-state index in [1.165, 1.54) is 12.1 Å². The standard InChI is InChI=1S/C14H10FN3O/c15-13-6-10(7-16)3-4-12(13)14(19)18-9-11-2-1-5-17-8-11/h1-6,8H,9H2,(H,18,19). The summed E-state index contributed by atoms with van der Waals surface area (Å²) < 4.78 is 13.6. The number of nitriles is 1. The van der Waals surface area contributed by atoms with Crippen LogP contribution in [0, 0.1) is 17.1 Å². The van der Waals surface area contributed by atoms with Crippen molar-refractivity contribution in [1.29, 1.82) is 5.26 Å². The molecule has 0 aliphatic rings. The third-order valence-corrected chi connectivity index (χ3v) is 2.52. The van der Waals surface area contributed by atoms with E-state index in [0.717, 1.165) is 11.6 Å². The number of nitrogens with one attached hydrogen (secondary N) is 1. The van der Waals surface area contributed by atoms with Crippen LogP contribution < -0.4 is 5.32 Å². The molecule has 0 bridgehead atoms. The molecule has 1 N–H and O–H groups in total. The average Bonchev–Trinajstić information content (AvgIpc) is 2.45. The van der Waals surface area contributed by atoms with Gasteiger partial charge in [0, 0.05) is 18.9 Å². The highest BCUT2D eigenvalue weighted by Crippen LogP contribution is 2.10. The summed E-state index contributed by atoms with van der Waals surface area (Å²) in [5.41, 5.74) is 0.925. The van der Waals surface area contributed by atoms with E-state index in [2.05, 4.69) is 10.3 Å². The third-order valence-electron chi connectivity index (χ3n) is 2.52. The molecule has 0 aliphatic carbocycles. The van der Waals surface area contributed by atoms with Gasteiger partial charge in [-0.1, -0.05) is 6.07 Å². The van der Waals surface area contributed by atoms with Gasteiger partial charge in [-0.05, 0) is 29.8 Å². The predicted molar refractivity (Wildman–Crippen MR) is 66.5 cm³/mol. The van der Waals surface area contributed by atoms with Crippen molar-refractivity contribution in [1.82, 2.24) is 10.3 Å². The second-order valence-corrected chi connectivity index (χ2v) is 3.85. The van der Waals surface area contributed by atoms with Gasteiger partial charge in [-0.25, -0.2) is 4.39 Å². The van der Waals surface area contributed by atoms with Crippen molar-refractivity contribution in [3.63, 3.8) is 0 Å². The normalized spacial score (nSPS) is 9.68. The Hall–Kier alpha value is -2.74. The molecule has 1 amide bonds. The first kappa shape index (κ1) is 12.7. The molecule has 0 fully saturated rings. The molecule has 2 aromatic rings. The Bertz CT molecular complexity index is 635. The van der Waals surface area contributed by atoms with Crippen LogP contribution in [0.4, 0.5) is 4.39 Å². The molecule has 94 valence electrons. The highest BCUT2D eigenvalue weighted by atomic mass is 19.1.